The van der Waals surface area contributed by atoms with Gasteiger partial charge >= 0.3 is 0 Å². The van der Waals surface area contributed by atoms with Crippen LogP contribution in [0.25, 0.3) is 5.95 Å². The standard InChI is InChI=1S/C12H17N5/c1-5-10-7-11(6-2)17(16-10)12-13-8(3)9(4)14-15-12/h7H,5-6H2,1-4H3. The Bertz CT molecular complexity index is 530. The molecule has 2 aromatic heterocycles. The molecule has 0 amide bonds. The third kappa shape index (κ3) is 2.18. The molecule has 0 radical (unpaired) electrons. The van der Waals surface area contributed by atoms with E-state index < -0.39 is 0 Å². The van der Waals surface area contributed by atoms with Gasteiger partial charge in [-0.1, -0.05) is 13.8 Å². The summed E-state index contributed by atoms with van der Waals surface area (Å²) in [5, 5.41) is 12.7. The highest BCUT2D eigenvalue weighted by Gasteiger charge is 2.11. The molecule has 0 aliphatic heterocycles. The zero-order valence-electron chi connectivity index (χ0n) is 10.7. The average Bonchev–Trinajstić information content (AvgIpc) is 2.76. The summed E-state index contributed by atoms with van der Waals surface area (Å²) < 4.78 is 1.79. The van der Waals surface area contributed by atoms with Crippen molar-refractivity contribution in [3.8, 4) is 5.95 Å². The van der Waals surface area contributed by atoms with Crippen molar-refractivity contribution in [1.82, 2.24) is 25.0 Å². The second kappa shape index (κ2) is 4.61. The van der Waals surface area contributed by atoms with Crippen molar-refractivity contribution in [3.05, 3.63) is 28.8 Å². The minimum atomic E-state index is 0.560. The van der Waals surface area contributed by atoms with Crippen molar-refractivity contribution < 1.29 is 0 Å². The Balaban J connectivity index is 2.51. The zero-order chi connectivity index (χ0) is 12.4. The van der Waals surface area contributed by atoms with Crippen LogP contribution in [0.1, 0.15) is 36.6 Å². The maximum Gasteiger partial charge on any atom is 0.270 e. The van der Waals surface area contributed by atoms with Gasteiger partial charge in [-0.15, -0.1) is 5.10 Å². The molecule has 0 N–H and O–H groups in total. The van der Waals surface area contributed by atoms with Crippen LogP contribution in [-0.4, -0.2) is 25.0 Å². The summed E-state index contributed by atoms with van der Waals surface area (Å²) in [6.45, 7) is 8.02. The summed E-state index contributed by atoms with van der Waals surface area (Å²) in [5.74, 6) is 0.560. The molecule has 2 heterocycles. The lowest BCUT2D eigenvalue weighted by Crippen LogP contribution is -2.10. The molecule has 0 bridgehead atoms. The number of rotatable bonds is 3. The van der Waals surface area contributed by atoms with Gasteiger partial charge in [-0.3, -0.25) is 0 Å². The van der Waals surface area contributed by atoms with Gasteiger partial charge in [0.15, 0.2) is 0 Å². The first kappa shape index (κ1) is 11.7. The fraction of sp³-hybridized carbons (Fsp3) is 0.500. The van der Waals surface area contributed by atoms with Gasteiger partial charge in [0.05, 0.1) is 17.1 Å². The summed E-state index contributed by atoms with van der Waals surface area (Å²) in [4.78, 5) is 4.43. The Kier molecular flexibility index (Phi) is 3.17. The molecule has 2 rings (SSSR count). The van der Waals surface area contributed by atoms with Crippen molar-refractivity contribution in [3.63, 3.8) is 0 Å². The molecule has 0 unspecified atom stereocenters. The van der Waals surface area contributed by atoms with E-state index >= 15 is 0 Å². The maximum atomic E-state index is 4.49. The van der Waals surface area contributed by atoms with Gasteiger partial charge in [0, 0.05) is 5.69 Å². The number of nitrogens with zero attached hydrogens (tertiary/aromatic N) is 5. The monoisotopic (exact) mass is 231 g/mol. The normalized spacial score (nSPS) is 10.8. The van der Waals surface area contributed by atoms with Crippen LogP contribution >= 0.6 is 0 Å². The van der Waals surface area contributed by atoms with Crippen molar-refractivity contribution in [1.29, 1.82) is 0 Å². The molecular weight excluding hydrogens is 214 g/mol. The van der Waals surface area contributed by atoms with Gasteiger partial charge in [0.25, 0.3) is 5.95 Å². The molecule has 2 aromatic rings. The zero-order valence-corrected chi connectivity index (χ0v) is 10.7. The van der Waals surface area contributed by atoms with Gasteiger partial charge in [-0.2, -0.15) is 10.2 Å². The molecule has 0 fully saturated rings. The lowest BCUT2D eigenvalue weighted by Gasteiger charge is -2.04. The highest BCUT2D eigenvalue weighted by atomic mass is 15.4. The molecule has 5 nitrogen and oxygen atoms in total. The molecule has 90 valence electrons. The van der Waals surface area contributed by atoms with E-state index in [4.69, 9.17) is 0 Å². The van der Waals surface area contributed by atoms with Gasteiger partial charge in [-0.25, -0.2) is 9.67 Å². The molecule has 17 heavy (non-hydrogen) atoms. The quantitative estimate of drug-likeness (QED) is 0.808. The average molecular weight is 231 g/mol. The van der Waals surface area contributed by atoms with E-state index in [2.05, 4.69) is 40.2 Å². The Morgan fingerprint density at radius 3 is 2.41 bits per heavy atom. The van der Waals surface area contributed by atoms with Gasteiger partial charge in [0.1, 0.15) is 0 Å². The predicted molar refractivity (Wildman–Crippen MR) is 65.2 cm³/mol. The molecule has 0 aromatic carbocycles. The lowest BCUT2D eigenvalue weighted by atomic mass is 10.3. The first-order valence-electron chi connectivity index (χ1n) is 5.91. The molecular formula is C12H17N5. The Hall–Kier alpha value is -1.78. The van der Waals surface area contributed by atoms with Crippen molar-refractivity contribution >= 4 is 0 Å². The van der Waals surface area contributed by atoms with E-state index in [1.807, 2.05) is 13.8 Å². The van der Waals surface area contributed by atoms with E-state index in [-0.39, 0.29) is 0 Å². The molecule has 0 aliphatic carbocycles. The van der Waals surface area contributed by atoms with Crippen LogP contribution < -0.4 is 0 Å². The summed E-state index contributed by atoms with van der Waals surface area (Å²) in [5.41, 5.74) is 3.93. The minimum absolute atomic E-state index is 0.560. The number of aryl methyl sites for hydroxylation is 4. The van der Waals surface area contributed by atoms with Crippen LogP contribution in [0.2, 0.25) is 0 Å². The molecule has 5 heteroatoms. The smallest absolute Gasteiger partial charge is 0.213 e. The first-order valence-corrected chi connectivity index (χ1v) is 5.91. The number of hydrogen-bond acceptors (Lipinski definition) is 4. The second-order valence-corrected chi connectivity index (χ2v) is 4.03. The summed E-state index contributed by atoms with van der Waals surface area (Å²) in [6.07, 6.45) is 1.82. The summed E-state index contributed by atoms with van der Waals surface area (Å²) in [7, 11) is 0. The SMILES string of the molecule is CCc1cc(CC)n(-c2nnc(C)c(C)n2)n1. The van der Waals surface area contributed by atoms with Gasteiger partial charge in [0.2, 0.25) is 0 Å². The van der Waals surface area contributed by atoms with Crippen LogP contribution in [0, 0.1) is 13.8 Å². The topological polar surface area (TPSA) is 56.5 Å². The third-order valence-electron chi connectivity index (χ3n) is 2.83. The van der Waals surface area contributed by atoms with Crippen LogP contribution in [-0.2, 0) is 12.8 Å². The largest absolute Gasteiger partial charge is 0.270 e. The fourth-order valence-corrected chi connectivity index (χ4v) is 1.61. The fourth-order valence-electron chi connectivity index (χ4n) is 1.61. The van der Waals surface area contributed by atoms with Crippen molar-refractivity contribution in [2.75, 3.05) is 0 Å². The van der Waals surface area contributed by atoms with E-state index in [0.29, 0.717) is 5.95 Å². The Labute approximate surface area is 101 Å². The van der Waals surface area contributed by atoms with Gasteiger partial charge < -0.3 is 0 Å². The highest BCUT2D eigenvalue weighted by Crippen LogP contribution is 2.11. The molecule has 0 saturated heterocycles. The maximum absolute atomic E-state index is 4.49. The van der Waals surface area contributed by atoms with Crippen molar-refractivity contribution in [2.24, 2.45) is 0 Å². The summed E-state index contributed by atoms with van der Waals surface area (Å²) >= 11 is 0. The van der Waals surface area contributed by atoms with Crippen LogP contribution in [0.15, 0.2) is 6.07 Å². The summed E-state index contributed by atoms with van der Waals surface area (Å²) in [6, 6.07) is 2.10. The van der Waals surface area contributed by atoms with E-state index in [1.54, 1.807) is 4.68 Å². The second-order valence-electron chi connectivity index (χ2n) is 4.03. The molecule has 0 spiro atoms. The first-order chi connectivity index (χ1) is 8.15. The van der Waals surface area contributed by atoms with Crippen LogP contribution in [0.3, 0.4) is 0 Å². The Morgan fingerprint density at radius 2 is 1.82 bits per heavy atom. The number of aromatic nitrogens is 5. The van der Waals surface area contributed by atoms with Crippen LogP contribution in [0.5, 0.6) is 0 Å². The lowest BCUT2D eigenvalue weighted by molar-refractivity contribution is 0.711. The highest BCUT2D eigenvalue weighted by molar-refractivity contribution is 5.21. The Morgan fingerprint density at radius 1 is 1.06 bits per heavy atom. The van der Waals surface area contributed by atoms with Gasteiger partial charge in [-0.05, 0) is 32.8 Å². The molecule has 0 atom stereocenters. The minimum Gasteiger partial charge on any atom is -0.213 e. The van der Waals surface area contributed by atoms with E-state index in [1.165, 1.54) is 0 Å². The third-order valence-corrected chi connectivity index (χ3v) is 2.83. The van der Waals surface area contributed by atoms with E-state index in [0.717, 1.165) is 35.6 Å². The predicted octanol–water partition coefficient (Wildman–Crippen LogP) is 1.80. The number of hydrogen-bond donors (Lipinski definition) is 0. The van der Waals surface area contributed by atoms with E-state index in [9.17, 15) is 0 Å². The molecule has 0 aliphatic rings. The molecule has 0 saturated carbocycles. The van der Waals surface area contributed by atoms with Crippen molar-refractivity contribution in [2.45, 2.75) is 40.5 Å². The van der Waals surface area contributed by atoms with Crippen LogP contribution in [0.4, 0.5) is 0 Å².